The average Bonchev–Trinajstić information content (AvgIpc) is 2.24. The van der Waals surface area contributed by atoms with Gasteiger partial charge >= 0.3 is 77.0 Å². The molecule has 0 heterocycles. The minimum atomic E-state index is -1.04. The van der Waals surface area contributed by atoms with Crippen LogP contribution in [0.15, 0.2) is 12.7 Å². The van der Waals surface area contributed by atoms with E-state index in [2.05, 4.69) is 16.1 Å². The first-order valence-electron chi connectivity index (χ1n) is 4.52. The molecule has 88 valence electrons. The summed E-state index contributed by atoms with van der Waals surface area (Å²) in [4.78, 5) is 33.2. The van der Waals surface area contributed by atoms with Crippen molar-refractivity contribution in [2.24, 2.45) is 5.92 Å². The largest absolute Gasteiger partial charge is 1.00 e. The van der Waals surface area contributed by atoms with Gasteiger partial charge in [-0.3, -0.25) is 9.59 Å². The van der Waals surface area contributed by atoms with Crippen LogP contribution in [-0.4, -0.2) is 25.0 Å². The maximum Gasteiger partial charge on any atom is 1.00 e. The third-order valence-corrected chi connectivity index (χ3v) is 1.72. The van der Waals surface area contributed by atoms with Crippen LogP contribution in [0.3, 0.4) is 0 Å². The molecular formula is C10H16Na2O5. The summed E-state index contributed by atoms with van der Waals surface area (Å²) >= 11 is 0. The quantitative estimate of drug-likeness (QED) is 0.215. The minimum absolute atomic E-state index is 0. The van der Waals surface area contributed by atoms with Crippen molar-refractivity contribution in [1.29, 1.82) is 0 Å². The molecule has 0 bridgehead atoms. The van der Waals surface area contributed by atoms with E-state index in [-0.39, 0.29) is 68.4 Å². The van der Waals surface area contributed by atoms with Gasteiger partial charge in [-0.15, -0.1) is 0 Å². The van der Waals surface area contributed by atoms with E-state index in [0.29, 0.717) is 6.42 Å². The summed E-state index contributed by atoms with van der Waals surface area (Å²) in [5, 5.41) is 0. The van der Waals surface area contributed by atoms with Gasteiger partial charge in [-0.2, -0.15) is 0 Å². The number of hydrogen-bond acceptors (Lipinski definition) is 5. The average molecular weight is 262 g/mol. The summed E-state index contributed by atoms with van der Waals surface area (Å²) in [5.74, 6) is -3.50. The van der Waals surface area contributed by atoms with Crippen LogP contribution in [0, 0.1) is 5.92 Å². The molecule has 5 nitrogen and oxygen atoms in total. The van der Waals surface area contributed by atoms with Gasteiger partial charge in [0.2, 0.25) is 0 Å². The van der Waals surface area contributed by atoms with E-state index in [4.69, 9.17) is 0 Å². The Labute approximate surface area is 148 Å². The van der Waals surface area contributed by atoms with Crippen molar-refractivity contribution < 1.29 is 85.8 Å². The molecule has 0 saturated carbocycles. The maximum atomic E-state index is 11.3. The maximum absolute atomic E-state index is 11.3. The fourth-order valence-electron chi connectivity index (χ4n) is 0.975. The van der Waals surface area contributed by atoms with E-state index in [9.17, 15) is 14.4 Å². The normalized spacial score (nSPS) is 10.0. The Balaban J connectivity index is -0.000000163. The Morgan fingerprint density at radius 2 is 1.82 bits per heavy atom. The molecule has 1 unspecified atom stereocenters. The number of carbonyl (C=O) groups excluding carboxylic acids is 3. The Morgan fingerprint density at radius 1 is 1.29 bits per heavy atom. The first-order chi connectivity index (χ1) is 7.06. The zero-order chi connectivity index (χ0) is 11.8. The number of rotatable bonds is 5. The van der Waals surface area contributed by atoms with Gasteiger partial charge < -0.3 is 12.3 Å². The van der Waals surface area contributed by atoms with Gasteiger partial charge in [0, 0.05) is 6.08 Å². The van der Waals surface area contributed by atoms with Crippen molar-refractivity contribution in [1.82, 2.24) is 0 Å². The second kappa shape index (κ2) is 12.8. The monoisotopic (exact) mass is 262 g/mol. The Hall–Kier alpha value is 0.350. The molecule has 0 N–H and O–H groups in total. The zero-order valence-electron chi connectivity index (χ0n) is 12.8. The molecule has 0 aromatic carbocycles. The number of methoxy groups -OCH3 is 1. The molecule has 0 aliphatic heterocycles. The number of carbonyl (C=O) groups is 3. The van der Waals surface area contributed by atoms with Crippen LogP contribution in [-0.2, 0) is 23.9 Å². The van der Waals surface area contributed by atoms with Crippen molar-refractivity contribution in [2.45, 2.75) is 19.8 Å². The molecule has 1 atom stereocenters. The van der Waals surface area contributed by atoms with Crippen LogP contribution in [0.5, 0.6) is 0 Å². The molecule has 0 amide bonds. The molecule has 0 aliphatic rings. The minimum Gasteiger partial charge on any atom is -1.00 e. The van der Waals surface area contributed by atoms with Crippen LogP contribution in [0.1, 0.15) is 22.6 Å². The Morgan fingerprint density at radius 3 is 2.18 bits per heavy atom. The van der Waals surface area contributed by atoms with E-state index in [0.717, 1.165) is 6.08 Å². The summed E-state index contributed by atoms with van der Waals surface area (Å²) in [6.07, 6.45) is 1.76. The molecule has 0 saturated heterocycles. The SMILES string of the molecule is C=CC(=O)OC(=O)C(CCC)C(=O)OC.[H-].[H-].[Na+].[Na+]. The second-order valence-electron chi connectivity index (χ2n) is 2.81. The van der Waals surface area contributed by atoms with Crippen molar-refractivity contribution in [3.05, 3.63) is 12.7 Å². The summed E-state index contributed by atoms with van der Waals surface area (Å²) in [6.45, 7) is 4.95. The molecule has 7 heteroatoms. The van der Waals surface area contributed by atoms with Gasteiger partial charge in [0.15, 0.2) is 5.92 Å². The standard InChI is InChI=1S/C10H14O5.2Na.2H/c1-4-6-7(9(12)14-3)10(13)15-8(11)5-2;;;;/h5,7H,2,4,6H2,1,3H3;;;;/q;2*+1;2*-1. The van der Waals surface area contributed by atoms with Crippen molar-refractivity contribution in [2.75, 3.05) is 7.11 Å². The van der Waals surface area contributed by atoms with E-state index >= 15 is 0 Å². The fraction of sp³-hybridized carbons (Fsp3) is 0.500. The third kappa shape index (κ3) is 8.99. The molecule has 0 rings (SSSR count). The topological polar surface area (TPSA) is 69.7 Å². The number of hydrogen-bond donors (Lipinski definition) is 0. The van der Waals surface area contributed by atoms with E-state index in [1.807, 2.05) is 0 Å². The van der Waals surface area contributed by atoms with Crippen LogP contribution < -0.4 is 59.1 Å². The van der Waals surface area contributed by atoms with Crippen molar-refractivity contribution >= 4 is 17.9 Å². The molecule has 0 spiro atoms. The fourth-order valence-corrected chi connectivity index (χ4v) is 0.975. The molecule has 0 fully saturated rings. The van der Waals surface area contributed by atoms with Gasteiger partial charge in [0.05, 0.1) is 7.11 Å². The molecule has 0 aromatic rings. The molecule has 0 aromatic heterocycles. The molecule has 17 heavy (non-hydrogen) atoms. The van der Waals surface area contributed by atoms with Gasteiger partial charge in [-0.1, -0.05) is 19.9 Å². The smallest absolute Gasteiger partial charge is 1.00 e. The van der Waals surface area contributed by atoms with Crippen molar-refractivity contribution in [3.8, 4) is 0 Å². The predicted molar refractivity (Wildman–Crippen MR) is 53.9 cm³/mol. The molecular weight excluding hydrogens is 246 g/mol. The van der Waals surface area contributed by atoms with Gasteiger partial charge in [-0.25, -0.2) is 4.79 Å². The Bertz CT molecular complexity index is 287. The molecule has 0 radical (unpaired) electrons. The number of esters is 3. The first-order valence-corrected chi connectivity index (χ1v) is 4.52. The van der Waals surface area contributed by atoms with Gasteiger partial charge in [-0.05, 0) is 6.42 Å². The predicted octanol–water partition coefficient (Wildman–Crippen LogP) is -4.94. The summed E-state index contributed by atoms with van der Waals surface area (Å²) < 4.78 is 8.76. The number of ether oxygens (including phenoxy) is 2. The molecule has 0 aliphatic carbocycles. The Kier molecular flexibility index (Phi) is 17.0. The van der Waals surface area contributed by atoms with Crippen LogP contribution in [0.25, 0.3) is 0 Å². The van der Waals surface area contributed by atoms with Gasteiger partial charge in [0.1, 0.15) is 0 Å². The first kappa shape index (κ1) is 22.5. The van der Waals surface area contributed by atoms with E-state index < -0.39 is 23.8 Å². The van der Waals surface area contributed by atoms with Crippen LogP contribution in [0.2, 0.25) is 0 Å². The summed E-state index contributed by atoms with van der Waals surface area (Å²) in [7, 11) is 1.17. The van der Waals surface area contributed by atoms with Crippen molar-refractivity contribution in [3.63, 3.8) is 0 Å². The van der Waals surface area contributed by atoms with E-state index in [1.165, 1.54) is 7.11 Å². The van der Waals surface area contributed by atoms with Crippen LogP contribution >= 0.6 is 0 Å². The van der Waals surface area contributed by atoms with E-state index in [1.54, 1.807) is 6.92 Å². The van der Waals surface area contributed by atoms with Crippen LogP contribution in [0.4, 0.5) is 0 Å². The second-order valence-corrected chi connectivity index (χ2v) is 2.81. The van der Waals surface area contributed by atoms with Gasteiger partial charge in [0.25, 0.3) is 0 Å². The summed E-state index contributed by atoms with van der Waals surface area (Å²) in [6, 6.07) is 0. The summed E-state index contributed by atoms with van der Waals surface area (Å²) in [5.41, 5.74) is 0. The third-order valence-electron chi connectivity index (χ3n) is 1.72. The zero-order valence-corrected chi connectivity index (χ0v) is 14.8.